The van der Waals surface area contributed by atoms with Gasteiger partial charge in [0.1, 0.15) is 11.6 Å². The number of carbonyl (C=O) groups excluding carboxylic acids is 1. The van der Waals surface area contributed by atoms with Crippen LogP contribution in [0.5, 0.6) is 5.75 Å². The summed E-state index contributed by atoms with van der Waals surface area (Å²) < 4.78 is 7.44. The molecule has 0 saturated carbocycles. The standard InChI is InChI=1S/C18H22ClN3O2/c1-12-11-13(8-9-15(12)19)24-10-4-7-17(23)20-18-14-5-3-6-16(14)21-22(18)2/h8-9,11H,3-7,10H2,1-2H3,(H,20,23). The molecule has 1 N–H and O–H groups in total. The zero-order chi connectivity index (χ0) is 17.1. The van der Waals surface area contributed by atoms with Gasteiger partial charge in [-0.05, 0) is 56.4 Å². The van der Waals surface area contributed by atoms with Gasteiger partial charge in [0.15, 0.2) is 0 Å². The first-order chi connectivity index (χ1) is 11.5. The van der Waals surface area contributed by atoms with Crippen molar-refractivity contribution in [3.05, 3.63) is 40.0 Å². The number of nitrogens with one attached hydrogen (secondary N) is 1. The molecular formula is C18H22ClN3O2. The number of halogens is 1. The Labute approximate surface area is 147 Å². The third kappa shape index (κ3) is 3.73. The van der Waals surface area contributed by atoms with Gasteiger partial charge in [-0.15, -0.1) is 0 Å². The SMILES string of the molecule is Cc1cc(OCCCC(=O)Nc2c3c(nn2C)CCC3)ccc1Cl. The van der Waals surface area contributed by atoms with E-state index in [9.17, 15) is 4.79 Å². The van der Waals surface area contributed by atoms with Gasteiger partial charge in [0.2, 0.25) is 5.91 Å². The van der Waals surface area contributed by atoms with Gasteiger partial charge >= 0.3 is 0 Å². The highest BCUT2D eigenvalue weighted by atomic mass is 35.5. The summed E-state index contributed by atoms with van der Waals surface area (Å²) in [4.78, 5) is 12.1. The average molecular weight is 348 g/mol. The summed E-state index contributed by atoms with van der Waals surface area (Å²) in [7, 11) is 1.87. The molecule has 1 amide bonds. The summed E-state index contributed by atoms with van der Waals surface area (Å²) in [5.41, 5.74) is 3.30. The van der Waals surface area contributed by atoms with Crippen LogP contribution in [0, 0.1) is 6.92 Å². The van der Waals surface area contributed by atoms with Crippen LogP contribution >= 0.6 is 11.6 Å². The number of carbonyl (C=O) groups is 1. The van der Waals surface area contributed by atoms with E-state index >= 15 is 0 Å². The highest BCUT2D eigenvalue weighted by Crippen LogP contribution is 2.28. The zero-order valence-electron chi connectivity index (χ0n) is 14.1. The maximum atomic E-state index is 12.1. The number of aromatic nitrogens is 2. The van der Waals surface area contributed by atoms with E-state index in [-0.39, 0.29) is 5.91 Å². The molecule has 6 heteroatoms. The Morgan fingerprint density at radius 1 is 1.42 bits per heavy atom. The molecular weight excluding hydrogens is 326 g/mol. The summed E-state index contributed by atoms with van der Waals surface area (Å²) in [6.07, 6.45) is 4.21. The van der Waals surface area contributed by atoms with Crippen molar-refractivity contribution in [3.63, 3.8) is 0 Å². The van der Waals surface area contributed by atoms with E-state index in [1.54, 1.807) is 4.68 Å². The van der Waals surface area contributed by atoms with Crippen molar-refractivity contribution in [1.29, 1.82) is 0 Å². The molecule has 0 radical (unpaired) electrons. The summed E-state index contributed by atoms with van der Waals surface area (Å²) in [5, 5.41) is 8.18. The van der Waals surface area contributed by atoms with Gasteiger partial charge in [0.25, 0.3) is 0 Å². The van der Waals surface area contributed by atoms with E-state index in [4.69, 9.17) is 16.3 Å². The van der Waals surface area contributed by atoms with Crippen LogP contribution < -0.4 is 10.1 Å². The molecule has 0 spiro atoms. The lowest BCUT2D eigenvalue weighted by molar-refractivity contribution is -0.116. The lowest BCUT2D eigenvalue weighted by Crippen LogP contribution is -2.16. The second-order valence-electron chi connectivity index (χ2n) is 6.16. The monoisotopic (exact) mass is 347 g/mol. The molecule has 0 fully saturated rings. The number of aryl methyl sites for hydroxylation is 3. The maximum absolute atomic E-state index is 12.1. The first kappa shape index (κ1) is 16.8. The maximum Gasteiger partial charge on any atom is 0.225 e. The fourth-order valence-corrected chi connectivity index (χ4v) is 3.12. The van der Waals surface area contributed by atoms with E-state index in [0.29, 0.717) is 19.4 Å². The summed E-state index contributed by atoms with van der Waals surface area (Å²) in [5.74, 6) is 1.63. The largest absolute Gasteiger partial charge is 0.494 e. The number of rotatable bonds is 6. The van der Waals surface area contributed by atoms with Crippen molar-refractivity contribution >= 4 is 23.3 Å². The van der Waals surface area contributed by atoms with E-state index in [1.165, 1.54) is 5.56 Å². The zero-order valence-corrected chi connectivity index (χ0v) is 14.8. The first-order valence-electron chi connectivity index (χ1n) is 8.28. The normalized spacial score (nSPS) is 13.0. The predicted octanol–water partition coefficient (Wildman–Crippen LogP) is 3.67. The smallest absolute Gasteiger partial charge is 0.225 e. The molecule has 0 aliphatic heterocycles. The molecule has 0 atom stereocenters. The van der Waals surface area contributed by atoms with Crippen molar-refractivity contribution in [2.24, 2.45) is 7.05 Å². The minimum atomic E-state index is 0.00332. The van der Waals surface area contributed by atoms with Gasteiger partial charge < -0.3 is 10.1 Å². The molecule has 5 nitrogen and oxygen atoms in total. The summed E-state index contributed by atoms with van der Waals surface area (Å²) in [6, 6.07) is 5.57. The highest BCUT2D eigenvalue weighted by Gasteiger charge is 2.21. The lowest BCUT2D eigenvalue weighted by atomic mass is 10.2. The fourth-order valence-electron chi connectivity index (χ4n) is 3.00. The van der Waals surface area contributed by atoms with Gasteiger partial charge in [-0.1, -0.05) is 11.6 Å². The molecule has 128 valence electrons. The van der Waals surface area contributed by atoms with E-state index in [1.807, 2.05) is 32.2 Å². The Balaban J connectivity index is 1.45. The van der Waals surface area contributed by atoms with Crippen LogP contribution in [0.25, 0.3) is 0 Å². The van der Waals surface area contributed by atoms with Crippen molar-refractivity contribution in [2.45, 2.75) is 39.0 Å². The van der Waals surface area contributed by atoms with Crippen molar-refractivity contribution in [1.82, 2.24) is 9.78 Å². The molecule has 1 aromatic carbocycles. The Hall–Kier alpha value is -2.01. The molecule has 1 aromatic heterocycles. The quantitative estimate of drug-likeness (QED) is 0.811. The third-order valence-corrected chi connectivity index (χ3v) is 4.70. The van der Waals surface area contributed by atoms with Crippen LogP contribution in [0.3, 0.4) is 0 Å². The summed E-state index contributed by atoms with van der Waals surface area (Å²) in [6.45, 7) is 2.44. The number of anilines is 1. The summed E-state index contributed by atoms with van der Waals surface area (Å²) >= 11 is 5.99. The molecule has 1 heterocycles. The van der Waals surface area contributed by atoms with Crippen molar-refractivity contribution in [3.8, 4) is 5.75 Å². The minimum absolute atomic E-state index is 0.00332. The van der Waals surface area contributed by atoms with Gasteiger partial charge in [-0.25, -0.2) is 0 Å². The average Bonchev–Trinajstić information content (AvgIpc) is 3.10. The van der Waals surface area contributed by atoms with E-state index in [0.717, 1.165) is 47.1 Å². The fraction of sp³-hybridized carbons (Fsp3) is 0.444. The Morgan fingerprint density at radius 3 is 3.04 bits per heavy atom. The minimum Gasteiger partial charge on any atom is -0.494 e. The Kier molecular flexibility index (Phi) is 5.09. The Bertz CT molecular complexity index is 755. The van der Waals surface area contributed by atoms with Crippen LogP contribution in [-0.4, -0.2) is 22.3 Å². The van der Waals surface area contributed by atoms with Crippen molar-refractivity contribution in [2.75, 3.05) is 11.9 Å². The van der Waals surface area contributed by atoms with Gasteiger partial charge in [-0.2, -0.15) is 5.10 Å². The number of hydrogen-bond donors (Lipinski definition) is 1. The molecule has 0 saturated heterocycles. The van der Waals surface area contributed by atoms with E-state index < -0.39 is 0 Å². The molecule has 3 rings (SSSR count). The van der Waals surface area contributed by atoms with Gasteiger partial charge in [0.05, 0.1) is 12.3 Å². The number of benzene rings is 1. The number of amides is 1. The number of hydrogen-bond acceptors (Lipinski definition) is 3. The second-order valence-corrected chi connectivity index (χ2v) is 6.57. The van der Waals surface area contributed by atoms with Crippen LogP contribution in [-0.2, 0) is 24.7 Å². The molecule has 24 heavy (non-hydrogen) atoms. The predicted molar refractivity (Wildman–Crippen MR) is 94.8 cm³/mol. The third-order valence-electron chi connectivity index (χ3n) is 4.27. The lowest BCUT2D eigenvalue weighted by Gasteiger charge is -2.09. The number of ether oxygens (including phenoxy) is 1. The molecule has 2 aromatic rings. The topological polar surface area (TPSA) is 56.1 Å². The van der Waals surface area contributed by atoms with Crippen LogP contribution in [0.1, 0.15) is 36.1 Å². The second kappa shape index (κ2) is 7.26. The van der Waals surface area contributed by atoms with Crippen LogP contribution in [0.4, 0.5) is 5.82 Å². The Morgan fingerprint density at radius 2 is 2.25 bits per heavy atom. The van der Waals surface area contributed by atoms with Gasteiger partial charge in [0, 0.05) is 24.1 Å². The van der Waals surface area contributed by atoms with Gasteiger partial charge in [-0.3, -0.25) is 9.48 Å². The number of fused-ring (bicyclic) bond motifs is 1. The molecule has 0 unspecified atom stereocenters. The van der Waals surface area contributed by atoms with Crippen molar-refractivity contribution < 1.29 is 9.53 Å². The molecule has 0 bridgehead atoms. The molecule has 1 aliphatic carbocycles. The molecule has 1 aliphatic rings. The highest BCUT2D eigenvalue weighted by molar-refractivity contribution is 6.31. The first-order valence-corrected chi connectivity index (χ1v) is 8.66. The van der Waals surface area contributed by atoms with Crippen LogP contribution in [0.2, 0.25) is 5.02 Å². The number of nitrogens with zero attached hydrogens (tertiary/aromatic N) is 2. The van der Waals surface area contributed by atoms with Crippen LogP contribution in [0.15, 0.2) is 18.2 Å². The van der Waals surface area contributed by atoms with E-state index in [2.05, 4.69) is 10.4 Å².